The van der Waals surface area contributed by atoms with Crippen LogP contribution < -0.4 is 0 Å². The standard InChI is InChI=1S/C12H15F5O3Si/c1-20-21(18,19)6-4-2-3-5-7-8(13)10(15)12(17)11(16)9(7)14/h18-19H,2-6H2,1H3. The van der Waals surface area contributed by atoms with Crippen molar-refractivity contribution >= 4 is 8.80 Å². The summed E-state index contributed by atoms with van der Waals surface area (Å²) in [6.45, 7) is 0. The molecule has 0 saturated heterocycles. The first-order valence-corrected chi connectivity index (χ1v) is 8.22. The summed E-state index contributed by atoms with van der Waals surface area (Å²) in [4.78, 5) is 18.5. The van der Waals surface area contributed by atoms with Crippen molar-refractivity contribution in [3.63, 3.8) is 0 Å². The van der Waals surface area contributed by atoms with E-state index in [-0.39, 0.29) is 18.9 Å². The fourth-order valence-electron chi connectivity index (χ4n) is 1.81. The second-order valence-electron chi connectivity index (χ2n) is 4.56. The molecule has 0 aliphatic carbocycles. The largest absolute Gasteiger partial charge is 0.495 e. The molecule has 9 heteroatoms. The lowest BCUT2D eigenvalue weighted by molar-refractivity contribution is 0.183. The number of halogens is 5. The molecule has 0 radical (unpaired) electrons. The topological polar surface area (TPSA) is 49.7 Å². The number of hydrogen-bond donors (Lipinski definition) is 2. The SMILES string of the molecule is CO[Si](O)(O)CCCCCc1c(F)c(F)c(F)c(F)c1F. The number of benzene rings is 1. The third-order valence-electron chi connectivity index (χ3n) is 3.06. The van der Waals surface area contributed by atoms with Gasteiger partial charge in [-0.15, -0.1) is 0 Å². The lowest BCUT2D eigenvalue weighted by atomic mass is 10.1. The van der Waals surface area contributed by atoms with E-state index in [1.165, 1.54) is 0 Å². The van der Waals surface area contributed by atoms with Crippen molar-refractivity contribution in [3.8, 4) is 0 Å². The van der Waals surface area contributed by atoms with Crippen molar-refractivity contribution in [2.24, 2.45) is 0 Å². The van der Waals surface area contributed by atoms with E-state index in [1.807, 2.05) is 0 Å². The lowest BCUT2D eigenvalue weighted by Gasteiger charge is -2.14. The molecular weight excluding hydrogens is 315 g/mol. The van der Waals surface area contributed by atoms with Gasteiger partial charge in [-0.3, -0.25) is 0 Å². The predicted octanol–water partition coefficient (Wildman–Crippen LogP) is 2.66. The Morgan fingerprint density at radius 2 is 1.29 bits per heavy atom. The first kappa shape index (κ1) is 18.0. The van der Waals surface area contributed by atoms with Crippen LogP contribution in [0.15, 0.2) is 0 Å². The van der Waals surface area contributed by atoms with Crippen molar-refractivity contribution in [1.82, 2.24) is 0 Å². The molecule has 0 aliphatic rings. The molecule has 21 heavy (non-hydrogen) atoms. The van der Waals surface area contributed by atoms with Gasteiger partial charge in [-0.1, -0.05) is 6.42 Å². The summed E-state index contributed by atoms with van der Waals surface area (Å²) >= 11 is 0. The Morgan fingerprint density at radius 1 is 0.810 bits per heavy atom. The van der Waals surface area contributed by atoms with Crippen molar-refractivity contribution < 1.29 is 36.0 Å². The van der Waals surface area contributed by atoms with Gasteiger partial charge in [0.05, 0.1) is 0 Å². The van der Waals surface area contributed by atoms with Crippen LogP contribution in [0.2, 0.25) is 6.04 Å². The van der Waals surface area contributed by atoms with E-state index in [1.54, 1.807) is 0 Å². The average molecular weight is 330 g/mol. The van der Waals surface area contributed by atoms with Crippen molar-refractivity contribution in [1.29, 1.82) is 0 Å². The van der Waals surface area contributed by atoms with Gasteiger partial charge in [0.15, 0.2) is 23.3 Å². The van der Waals surface area contributed by atoms with E-state index in [2.05, 4.69) is 4.43 Å². The molecule has 0 aromatic heterocycles. The minimum Gasteiger partial charge on any atom is -0.390 e. The molecular formula is C12H15F5O3Si. The Hall–Kier alpha value is -1.03. The zero-order valence-corrected chi connectivity index (χ0v) is 12.2. The molecule has 0 spiro atoms. The van der Waals surface area contributed by atoms with Gasteiger partial charge in [-0.05, 0) is 19.3 Å². The first-order valence-electron chi connectivity index (χ1n) is 6.21. The van der Waals surface area contributed by atoms with Crippen LogP contribution in [0.4, 0.5) is 22.0 Å². The van der Waals surface area contributed by atoms with E-state index in [4.69, 9.17) is 0 Å². The van der Waals surface area contributed by atoms with E-state index in [0.29, 0.717) is 12.8 Å². The molecule has 1 aromatic carbocycles. The minimum absolute atomic E-state index is 0.000600. The Kier molecular flexibility index (Phi) is 6.26. The van der Waals surface area contributed by atoms with Gasteiger partial charge in [-0.25, -0.2) is 22.0 Å². The van der Waals surface area contributed by atoms with E-state index >= 15 is 0 Å². The van der Waals surface area contributed by atoms with E-state index < -0.39 is 43.5 Å². The smallest absolute Gasteiger partial charge is 0.390 e. The number of hydrogen-bond acceptors (Lipinski definition) is 3. The van der Waals surface area contributed by atoms with E-state index in [0.717, 1.165) is 7.11 Å². The second-order valence-corrected chi connectivity index (χ2v) is 6.95. The predicted molar refractivity (Wildman–Crippen MR) is 65.8 cm³/mol. The maximum Gasteiger partial charge on any atom is 0.495 e. The van der Waals surface area contributed by atoms with Crippen LogP contribution in [0.1, 0.15) is 24.8 Å². The molecule has 0 atom stereocenters. The maximum atomic E-state index is 13.3. The van der Waals surface area contributed by atoms with Crippen molar-refractivity contribution in [2.75, 3.05) is 7.11 Å². The first-order chi connectivity index (χ1) is 9.71. The minimum atomic E-state index is -3.67. The van der Waals surface area contributed by atoms with Crippen molar-refractivity contribution in [2.45, 2.75) is 31.7 Å². The van der Waals surface area contributed by atoms with E-state index in [9.17, 15) is 31.5 Å². The van der Waals surface area contributed by atoms with Gasteiger partial charge in [0, 0.05) is 18.7 Å². The molecule has 0 amide bonds. The highest BCUT2D eigenvalue weighted by molar-refractivity contribution is 6.57. The Labute approximate surface area is 119 Å². The van der Waals surface area contributed by atoms with Gasteiger partial charge in [0.2, 0.25) is 5.82 Å². The van der Waals surface area contributed by atoms with Crippen molar-refractivity contribution in [3.05, 3.63) is 34.6 Å². The Morgan fingerprint density at radius 3 is 1.76 bits per heavy atom. The monoisotopic (exact) mass is 330 g/mol. The molecule has 0 saturated carbocycles. The normalized spacial score (nSPS) is 12.0. The third-order valence-corrected chi connectivity index (χ3v) is 4.72. The summed E-state index contributed by atoms with van der Waals surface area (Å²) < 4.78 is 69.9. The van der Waals surface area contributed by atoms with Gasteiger partial charge in [-0.2, -0.15) is 0 Å². The quantitative estimate of drug-likeness (QED) is 0.266. The van der Waals surface area contributed by atoms with Crippen LogP contribution in [0.25, 0.3) is 0 Å². The average Bonchev–Trinajstić information content (AvgIpc) is 2.46. The summed E-state index contributed by atoms with van der Waals surface area (Å²) in [7, 11) is -2.52. The van der Waals surface area contributed by atoms with Gasteiger partial charge in [0.1, 0.15) is 0 Å². The molecule has 1 aromatic rings. The summed E-state index contributed by atoms with van der Waals surface area (Å²) in [6, 6.07) is 0.000600. The summed E-state index contributed by atoms with van der Waals surface area (Å²) in [6.07, 6.45) is 0.456. The summed E-state index contributed by atoms with van der Waals surface area (Å²) in [5.41, 5.74) is -0.852. The van der Waals surface area contributed by atoms with Crippen LogP contribution in [0.5, 0.6) is 0 Å². The van der Waals surface area contributed by atoms with Crippen LogP contribution in [0, 0.1) is 29.1 Å². The van der Waals surface area contributed by atoms with Crippen LogP contribution in [-0.2, 0) is 10.8 Å². The highest BCUT2D eigenvalue weighted by Gasteiger charge is 2.29. The van der Waals surface area contributed by atoms with Crippen LogP contribution in [0.3, 0.4) is 0 Å². The maximum absolute atomic E-state index is 13.3. The zero-order chi connectivity index (χ0) is 16.2. The molecule has 0 heterocycles. The molecule has 0 unspecified atom stereocenters. The van der Waals surface area contributed by atoms with Gasteiger partial charge < -0.3 is 14.0 Å². The molecule has 2 N–H and O–H groups in total. The fraction of sp³-hybridized carbons (Fsp3) is 0.500. The lowest BCUT2D eigenvalue weighted by Crippen LogP contribution is -2.37. The van der Waals surface area contributed by atoms with Crippen LogP contribution >= 0.6 is 0 Å². The molecule has 1 rings (SSSR count). The highest BCUT2D eigenvalue weighted by atomic mass is 28.4. The van der Waals surface area contributed by atoms with Crippen LogP contribution in [-0.4, -0.2) is 25.5 Å². The highest BCUT2D eigenvalue weighted by Crippen LogP contribution is 2.24. The number of rotatable bonds is 7. The zero-order valence-electron chi connectivity index (χ0n) is 11.2. The third kappa shape index (κ3) is 4.47. The fourth-order valence-corrected chi connectivity index (χ4v) is 2.72. The molecule has 0 fully saturated rings. The Bertz CT molecular complexity index is 481. The molecule has 0 bridgehead atoms. The second kappa shape index (κ2) is 7.30. The number of unbranched alkanes of at least 4 members (excludes halogenated alkanes) is 2. The molecule has 120 valence electrons. The molecule has 0 aliphatic heterocycles. The molecule has 3 nitrogen and oxygen atoms in total. The Balaban J connectivity index is 2.61. The summed E-state index contributed by atoms with van der Waals surface area (Å²) in [5, 5.41) is 0. The summed E-state index contributed by atoms with van der Waals surface area (Å²) in [5.74, 6) is -9.74. The van der Waals surface area contributed by atoms with Gasteiger partial charge >= 0.3 is 8.80 Å². The van der Waals surface area contributed by atoms with Gasteiger partial charge in [0.25, 0.3) is 0 Å².